The Bertz CT molecular complexity index is 233. The molecule has 94 valence electrons. The number of hydrogen-bond acceptors (Lipinski definition) is 4. The van der Waals surface area contributed by atoms with Crippen molar-refractivity contribution in [1.29, 1.82) is 0 Å². The van der Waals surface area contributed by atoms with Gasteiger partial charge in [0.05, 0.1) is 18.6 Å². The molecule has 3 N–H and O–H groups in total. The number of hydrogen-bond donors (Lipinski definition) is 3. The highest BCUT2D eigenvalue weighted by Gasteiger charge is 2.15. The Kier molecular flexibility index (Phi) is 7.49. The van der Waals surface area contributed by atoms with Gasteiger partial charge in [-0.2, -0.15) is 0 Å². The summed E-state index contributed by atoms with van der Waals surface area (Å²) in [6.45, 7) is 4.47. The first kappa shape index (κ1) is 14.9. The van der Waals surface area contributed by atoms with Crippen LogP contribution in [0, 0.1) is 5.92 Å². The van der Waals surface area contributed by atoms with Gasteiger partial charge >= 0.3 is 5.97 Å². The van der Waals surface area contributed by atoms with Crippen molar-refractivity contribution in [1.82, 2.24) is 10.6 Å². The Labute approximate surface area is 95.4 Å². The van der Waals surface area contributed by atoms with Crippen molar-refractivity contribution in [2.45, 2.75) is 19.9 Å². The van der Waals surface area contributed by atoms with E-state index in [2.05, 4.69) is 10.6 Å². The highest BCUT2D eigenvalue weighted by Crippen LogP contribution is 1.93. The van der Waals surface area contributed by atoms with E-state index in [0.29, 0.717) is 13.2 Å². The van der Waals surface area contributed by atoms with Crippen LogP contribution in [0.1, 0.15) is 13.8 Å². The molecular formula is C10H20N2O4. The molecule has 0 saturated heterocycles. The zero-order valence-corrected chi connectivity index (χ0v) is 9.95. The van der Waals surface area contributed by atoms with Gasteiger partial charge < -0.3 is 20.5 Å². The number of ether oxygens (including phenoxy) is 1. The molecule has 16 heavy (non-hydrogen) atoms. The fourth-order valence-corrected chi connectivity index (χ4v) is 0.963. The van der Waals surface area contributed by atoms with Crippen molar-refractivity contribution >= 4 is 11.9 Å². The van der Waals surface area contributed by atoms with Gasteiger partial charge in [0.1, 0.15) is 0 Å². The monoisotopic (exact) mass is 232 g/mol. The highest BCUT2D eigenvalue weighted by molar-refractivity contribution is 5.81. The summed E-state index contributed by atoms with van der Waals surface area (Å²) in [6, 6.07) is -0.404. The normalized spacial score (nSPS) is 14.2. The van der Waals surface area contributed by atoms with E-state index in [-0.39, 0.29) is 12.5 Å². The lowest BCUT2D eigenvalue weighted by Gasteiger charge is -2.15. The smallest absolute Gasteiger partial charge is 0.307 e. The quantitative estimate of drug-likeness (QED) is 0.489. The van der Waals surface area contributed by atoms with Gasteiger partial charge in [0, 0.05) is 20.2 Å². The van der Waals surface area contributed by atoms with Crippen molar-refractivity contribution < 1.29 is 19.4 Å². The first-order chi connectivity index (χ1) is 7.49. The lowest BCUT2D eigenvalue weighted by molar-refractivity contribution is -0.141. The van der Waals surface area contributed by atoms with Gasteiger partial charge in [-0.05, 0) is 6.92 Å². The molecule has 0 aliphatic carbocycles. The standard InChI is InChI=1S/C10H20N2O4/c1-7(10(14)15)6-12-8(2)9(13)11-4-5-16-3/h7-8,12H,4-6H2,1-3H3,(H,11,13)(H,14,15). The largest absolute Gasteiger partial charge is 0.481 e. The van der Waals surface area contributed by atoms with Gasteiger partial charge in [-0.25, -0.2) is 0 Å². The number of aliphatic carboxylic acids is 1. The lowest BCUT2D eigenvalue weighted by Crippen LogP contribution is -2.45. The number of carboxylic acids is 1. The Balaban J connectivity index is 3.74. The third kappa shape index (κ3) is 6.36. The Morgan fingerprint density at radius 1 is 1.38 bits per heavy atom. The molecule has 0 aromatic rings. The Hall–Kier alpha value is -1.14. The number of carbonyl (C=O) groups is 2. The first-order valence-electron chi connectivity index (χ1n) is 5.21. The molecule has 0 aliphatic heterocycles. The predicted octanol–water partition coefficient (Wildman–Crippen LogP) is -0.552. The van der Waals surface area contributed by atoms with Gasteiger partial charge in [0.2, 0.25) is 5.91 Å². The molecular weight excluding hydrogens is 212 g/mol. The molecule has 0 heterocycles. The minimum atomic E-state index is -0.875. The van der Waals surface area contributed by atoms with Crippen LogP contribution in [0.15, 0.2) is 0 Å². The van der Waals surface area contributed by atoms with Gasteiger partial charge in [-0.3, -0.25) is 9.59 Å². The first-order valence-corrected chi connectivity index (χ1v) is 5.21. The average molecular weight is 232 g/mol. The van der Waals surface area contributed by atoms with E-state index < -0.39 is 17.9 Å². The van der Waals surface area contributed by atoms with Crippen molar-refractivity contribution in [3.8, 4) is 0 Å². The van der Waals surface area contributed by atoms with E-state index in [4.69, 9.17) is 9.84 Å². The second kappa shape index (κ2) is 8.06. The van der Waals surface area contributed by atoms with E-state index in [1.54, 1.807) is 21.0 Å². The highest BCUT2D eigenvalue weighted by atomic mass is 16.5. The molecule has 0 rings (SSSR count). The third-order valence-electron chi connectivity index (χ3n) is 2.15. The average Bonchev–Trinajstić information content (AvgIpc) is 2.25. The number of nitrogens with one attached hydrogen (secondary N) is 2. The summed E-state index contributed by atoms with van der Waals surface area (Å²) in [5, 5.41) is 14.2. The van der Waals surface area contributed by atoms with E-state index in [1.165, 1.54) is 0 Å². The summed E-state index contributed by atoms with van der Waals surface area (Å²) in [4.78, 5) is 22.0. The summed E-state index contributed by atoms with van der Waals surface area (Å²) in [7, 11) is 1.56. The van der Waals surface area contributed by atoms with E-state index in [1.807, 2.05) is 0 Å². The van der Waals surface area contributed by atoms with Crippen molar-refractivity contribution in [2.24, 2.45) is 5.92 Å². The molecule has 2 atom stereocenters. The fraction of sp³-hybridized carbons (Fsp3) is 0.800. The van der Waals surface area contributed by atoms with Crippen LogP contribution in [0.2, 0.25) is 0 Å². The molecule has 0 spiro atoms. The second-order valence-corrected chi connectivity index (χ2v) is 3.65. The summed E-state index contributed by atoms with van der Waals surface area (Å²) >= 11 is 0. The van der Waals surface area contributed by atoms with Crippen LogP contribution >= 0.6 is 0 Å². The van der Waals surface area contributed by atoms with Crippen LogP contribution in [0.5, 0.6) is 0 Å². The molecule has 0 saturated carbocycles. The predicted molar refractivity (Wildman–Crippen MR) is 59.2 cm³/mol. The molecule has 0 aromatic carbocycles. The molecule has 1 amide bonds. The van der Waals surface area contributed by atoms with Crippen LogP contribution in [0.4, 0.5) is 0 Å². The molecule has 6 heteroatoms. The number of rotatable bonds is 8. The summed E-state index contributed by atoms with van der Waals surface area (Å²) in [5.74, 6) is -1.54. The van der Waals surface area contributed by atoms with Gasteiger partial charge in [0.15, 0.2) is 0 Å². The van der Waals surface area contributed by atoms with Crippen molar-refractivity contribution in [3.63, 3.8) is 0 Å². The van der Waals surface area contributed by atoms with Gasteiger partial charge in [-0.15, -0.1) is 0 Å². The summed E-state index contributed by atoms with van der Waals surface area (Å²) in [5.41, 5.74) is 0. The van der Waals surface area contributed by atoms with Crippen molar-refractivity contribution in [3.05, 3.63) is 0 Å². The summed E-state index contributed by atoms with van der Waals surface area (Å²) in [6.07, 6.45) is 0. The molecule has 0 bridgehead atoms. The fourth-order valence-electron chi connectivity index (χ4n) is 0.963. The minimum absolute atomic E-state index is 0.158. The topological polar surface area (TPSA) is 87.7 Å². The number of methoxy groups -OCH3 is 1. The van der Waals surface area contributed by atoms with Crippen LogP contribution < -0.4 is 10.6 Å². The molecule has 0 radical (unpaired) electrons. The molecule has 2 unspecified atom stereocenters. The van der Waals surface area contributed by atoms with E-state index in [9.17, 15) is 9.59 Å². The minimum Gasteiger partial charge on any atom is -0.481 e. The van der Waals surface area contributed by atoms with E-state index in [0.717, 1.165) is 0 Å². The molecule has 0 aliphatic rings. The zero-order valence-electron chi connectivity index (χ0n) is 9.95. The molecule has 0 aromatic heterocycles. The number of amides is 1. The number of carbonyl (C=O) groups excluding carboxylic acids is 1. The Morgan fingerprint density at radius 3 is 2.50 bits per heavy atom. The van der Waals surface area contributed by atoms with Crippen LogP contribution in [-0.4, -0.2) is 49.8 Å². The Morgan fingerprint density at radius 2 is 2.00 bits per heavy atom. The third-order valence-corrected chi connectivity index (χ3v) is 2.15. The SMILES string of the molecule is COCCNC(=O)C(C)NCC(C)C(=O)O. The zero-order chi connectivity index (χ0) is 12.6. The summed E-state index contributed by atoms with van der Waals surface area (Å²) < 4.78 is 4.79. The van der Waals surface area contributed by atoms with Crippen LogP contribution in [0.25, 0.3) is 0 Å². The second-order valence-electron chi connectivity index (χ2n) is 3.65. The van der Waals surface area contributed by atoms with Gasteiger partial charge in [0.25, 0.3) is 0 Å². The van der Waals surface area contributed by atoms with E-state index >= 15 is 0 Å². The van der Waals surface area contributed by atoms with Crippen LogP contribution in [0.3, 0.4) is 0 Å². The van der Waals surface area contributed by atoms with Crippen molar-refractivity contribution in [2.75, 3.05) is 26.8 Å². The maximum absolute atomic E-state index is 11.4. The van der Waals surface area contributed by atoms with Gasteiger partial charge in [-0.1, -0.05) is 6.92 Å². The molecule has 0 fully saturated rings. The maximum Gasteiger partial charge on any atom is 0.307 e. The maximum atomic E-state index is 11.4. The van der Waals surface area contributed by atoms with Crippen LogP contribution in [-0.2, 0) is 14.3 Å². The molecule has 6 nitrogen and oxygen atoms in total. The number of carboxylic acid groups (broad SMARTS) is 1. The lowest BCUT2D eigenvalue weighted by atomic mass is 10.2.